The van der Waals surface area contributed by atoms with Crippen molar-refractivity contribution in [3.8, 4) is 0 Å². The quantitative estimate of drug-likeness (QED) is 0.806. The monoisotopic (exact) mass is 276 g/mol. The van der Waals surface area contributed by atoms with Crippen LogP contribution < -0.4 is 5.73 Å². The van der Waals surface area contributed by atoms with Crippen LogP contribution in [0.25, 0.3) is 0 Å². The topological polar surface area (TPSA) is 63.4 Å². The minimum atomic E-state index is -3.16. The van der Waals surface area contributed by atoms with E-state index in [-0.39, 0.29) is 11.3 Å². The van der Waals surface area contributed by atoms with Gasteiger partial charge in [-0.1, -0.05) is 20.3 Å². The number of hydrogen-bond donors (Lipinski definition) is 1. The zero-order chi connectivity index (χ0) is 13.8. The summed E-state index contributed by atoms with van der Waals surface area (Å²) in [4.78, 5) is 0. The van der Waals surface area contributed by atoms with E-state index in [1.807, 2.05) is 6.92 Å². The molecule has 1 aliphatic carbocycles. The molecule has 0 bridgehead atoms. The van der Waals surface area contributed by atoms with Gasteiger partial charge in [-0.25, -0.2) is 8.42 Å². The number of likely N-dealkylation sites (N-methyl/N-ethyl adjacent to an activating group) is 1. The number of hydrogen-bond acceptors (Lipinski definition) is 3. The zero-order valence-electron chi connectivity index (χ0n) is 12.0. The summed E-state index contributed by atoms with van der Waals surface area (Å²) in [5.41, 5.74) is 5.57. The lowest BCUT2D eigenvalue weighted by Gasteiger charge is -2.44. The maximum Gasteiger partial charge on any atom is 0.214 e. The summed E-state index contributed by atoms with van der Waals surface area (Å²) in [7, 11) is -1.44. The van der Waals surface area contributed by atoms with Gasteiger partial charge in [0.15, 0.2) is 0 Å². The summed E-state index contributed by atoms with van der Waals surface area (Å²) in [6.45, 7) is 4.67. The van der Waals surface area contributed by atoms with Crippen LogP contribution in [0.1, 0.15) is 52.4 Å². The van der Waals surface area contributed by atoms with Crippen LogP contribution in [0.3, 0.4) is 0 Å². The van der Waals surface area contributed by atoms with Gasteiger partial charge in [-0.05, 0) is 38.0 Å². The van der Waals surface area contributed by atoms with Gasteiger partial charge in [-0.3, -0.25) is 0 Å². The molecule has 0 spiro atoms. The van der Waals surface area contributed by atoms with E-state index >= 15 is 0 Å². The number of nitrogens with two attached hydrogens (primary N) is 1. The second kappa shape index (κ2) is 6.35. The van der Waals surface area contributed by atoms with Crippen molar-refractivity contribution >= 4 is 10.0 Å². The van der Waals surface area contributed by atoms with Gasteiger partial charge in [0.1, 0.15) is 0 Å². The largest absolute Gasteiger partial charge is 0.329 e. The number of sulfonamides is 1. The van der Waals surface area contributed by atoms with Crippen LogP contribution in [0.5, 0.6) is 0 Å². The second-order valence-corrected chi connectivity index (χ2v) is 7.87. The molecule has 0 aromatic heterocycles. The summed E-state index contributed by atoms with van der Waals surface area (Å²) < 4.78 is 26.2. The molecular formula is C13H28N2O2S. The van der Waals surface area contributed by atoms with Gasteiger partial charge in [0.05, 0.1) is 5.75 Å². The summed E-state index contributed by atoms with van der Waals surface area (Å²) in [5.74, 6) is 0.938. The van der Waals surface area contributed by atoms with Crippen LogP contribution in [-0.2, 0) is 10.0 Å². The highest BCUT2D eigenvalue weighted by molar-refractivity contribution is 7.89. The van der Waals surface area contributed by atoms with E-state index in [1.54, 1.807) is 11.4 Å². The number of rotatable bonds is 6. The predicted octanol–water partition coefficient (Wildman–Crippen LogP) is 1.96. The minimum absolute atomic E-state index is 0.247. The fourth-order valence-corrected chi connectivity index (χ4v) is 4.48. The van der Waals surface area contributed by atoms with Crippen LogP contribution >= 0.6 is 0 Å². The lowest BCUT2D eigenvalue weighted by molar-refractivity contribution is 0.135. The molecule has 0 radical (unpaired) electrons. The molecule has 0 heterocycles. The van der Waals surface area contributed by atoms with Crippen molar-refractivity contribution < 1.29 is 8.42 Å². The molecule has 108 valence electrons. The highest BCUT2D eigenvalue weighted by atomic mass is 32.2. The number of unbranched alkanes of at least 4 members (excludes halogenated alkanes) is 1. The van der Waals surface area contributed by atoms with Gasteiger partial charge < -0.3 is 5.73 Å². The van der Waals surface area contributed by atoms with Crippen molar-refractivity contribution in [2.75, 3.05) is 19.3 Å². The molecule has 1 rings (SSSR count). The summed E-state index contributed by atoms with van der Waals surface area (Å²) >= 11 is 0. The summed E-state index contributed by atoms with van der Waals surface area (Å²) in [6, 6.07) is 0. The van der Waals surface area contributed by atoms with Crippen molar-refractivity contribution in [2.45, 2.75) is 57.9 Å². The third-order valence-electron chi connectivity index (χ3n) is 4.43. The summed E-state index contributed by atoms with van der Waals surface area (Å²) in [5, 5.41) is 0. The van der Waals surface area contributed by atoms with E-state index in [9.17, 15) is 8.42 Å². The summed E-state index contributed by atoms with van der Waals surface area (Å²) in [6.07, 6.45) is 5.57. The first-order valence-corrected chi connectivity index (χ1v) is 8.65. The Labute approximate surface area is 112 Å². The third kappa shape index (κ3) is 3.45. The Kier molecular flexibility index (Phi) is 5.62. The first kappa shape index (κ1) is 15.9. The van der Waals surface area contributed by atoms with E-state index in [1.165, 1.54) is 0 Å². The Bertz CT molecular complexity index is 346. The van der Waals surface area contributed by atoms with Gasteiger partial charge in [-0.15, -0.1) is 0 Å². The first-order valence-electron chi connectivity index (χ1n) is 7.05. The highest BCUT2D eigenvalue weighted by Gasteiger charge is 2.41. The molecule has 0 atom stereocenters. The molecule has 5 heteroatoms. The van der Waals surface area contributed by atoms with Crippen molar-refractivity contribution in [3.05, 3.63) is 0 Å². The highest BCUT2D eigenvalue weighted by Crippen LogP contribution is 2.36. The fourth-order valence-electron chi connectivity index (χ4n) is 2.71. The van der Waals surface area contributed by atoms with Gasteiger partial charge >= 0.3 is 0 Å². The SMILES string of the molecule is CCCCS(=O)(=O)N(C)C1(CN)CCC(C)CC1. The molecule has 0 aromatic rings. The zero-order valence-corrected chi connectivity index (χ0v) is 12.8. The first-order chi connectivity index (χ1) is 8.38. The Morgan fingerprint density at radius 2 is 1.89 bits per heavy atom. The van der Waals surface area contributed by atoms with Gasteiger partial charge in [0, 0.05) is 19.1 Å². The van der Waals surface area contributed by atoms with Gasteiger partial charge in [-0.2, -0.15) is 4.31 Å². The van der Waals surface area contributed by atoms with E-state index in [2.05, 4.69) is 6.92 Å². The van der Waals surface area contributed by atoms with Gasteiger partial charge in [0.25, 0.3) is 0 Å². The number of nitrogens with zero attached hydrogens (tertiary/aromatic N) is 1. The van der Waals surface area contributed by atoms with Crippen LogP contribution in [0.15, 0.2) is 0 Å². The van der Waals surface area contributed by atoms with Crippen LogP contribution in [-0.4, -0.2) is 37.6 Å². The Morgan fingerprint density at radius 1 is 1.33 bits per heavy atom. The Balaban J connectivity index is 2.81. The van der Waals surface area contributed by atoms with Crippen molar-refractivity contribution in [1.29, 1.82) is 0 Å². The molecule has 1 saturated carbocycles. The van der Waals surface area contributed by atoms with Crippen molar-refractivity contribution in [1.82, 2.24) is 4.31 Å². The molecule has 1 fully saturated rings. The van der Waals surface area contributed by atoms with Crippen molar-refractivity contribution in [3.63, 3.8) is 0 Å². The lowest BCUT2D eigenvalue weighted by Crippen LogP contribution is -2.56. The molecule has 4 nitrogen and oxygen atoms in total. The molecule has 18 heavy (non-hydrogen) atoms. The minimum Gasteiger partial charge on any atom is -0.329 e. The molecule has 0 aromatic carbocycles. The van der Waals surface area contributed by atoms with Crippen LogP contribution in [0.2, 0.25) is 0 Å². The fraction of sp³-hybridized carbons (Fsp3) is 1.00. The molecule has 1 aliphatic rings. The molecule has 2 N–H and O–H groups in total. The maximum atomic E-state index is 12.3. The smallest absolute Gasteiger partial charge is 0.214 e. The van der Waals surface area contributed by atoms with Gasteiger partial charge in [0.2, 0.25) is 10.0 Å². The normalized spacial score (nSPS) is 29.7. The van der Waals surface area contributed by atoms with E-state index < -0.39 is 10.0 Å². The average molecular weight is 276 g/mol. The van der Waals surface area contributed by atoms with E-state index in [4.69, 9.17) is 5.73 Å². The molecule has 0 saturated heterocycles. The molecule has 0 unspecified atom stereocenters. The average Bonchev–Trinajstić information content (AvgIpc) is 2.37. The van der Waals surface area contributed by atoms with Crippen LogP contribution in [0.4, 0.5) is 0 Å². The van der Waals surface area contributed by atoms with E-state index in [0.717, 1.165) is 38.5 Å². The van der Waals surface area contributed by atoms with Crippen molar-refractivity contribution in [2.24, 2.45) is 11.7 Å². The van der Waals surface area contributed by atoms with Crippen LogP contribution in [0, 0.1) is 5.92 Å². The van der Waals surface area contributed by atoms with E-state index in [0.29, 0.717) is 12.5 Å². The maximum absolute atomic E-state index is 12.3. The molecular weight excluding hydrogens is 248 g/mol. The molecule has 0 aliphatic heterocycles. The second-order valence-electron chi connectivity index (χ2n) is 5.75. The third-order valence-corrected chi connectivity index (χ3v) is 6.45. The predicted molar refractivity (Wildman–Crippen MR) is 75.9 cm³/mol. The Morgan fingerprint density at radius 3 is 2.33 bits per heavy atom. The standard InChI is InChI=1S/C13H28N2O2S/c1-4-5-10-18(16,17)15(3)13(11-14)8-6-12(2)7-9-13/h12H,4-11,14H2,1-3H3. The Hall–Kier alpha value is -0.130. The lowest BCUT2D eigenvalue weighted by atomic mass is 9.77. The molecule has 0 amide bonds.